The minimum Gasteiger partial charge on any atom is -0.326 e. The van der Waals surface area contributed by atoms with Crippen LogP contribution in [0.25, 0.3) is 0 Å². The second-order valence-corrected chi connectivity index (χ2v) is 9.03. The van der Waals surface area contributed by atoms with E-state index in [1.807, 2.05) is 13.8 Å². The van der Waals surface area contributed by atoms with Crippen LogP contribution in [0.4, 0.5) is 5.69 Å². The third kappa shape index (κ3) is 4.04. The second-order valence-electron chi connectivity index (χ2n) is 7.32. The fourth-order valence-corrected chi connectivity index (χ4v) is 4.95. The van der Waals surface area contributed by atoms with Crippen LogP contribution in [0.2, 0.25) is 0 Å². The first-order valence-corrected chi connectivity index (χ1v) is 10.5. The molecule has 3 rings (SSSR count). The van der Waals surface area contributed by atoms with Crippen molar-refractivity contribution >= 4 is 21.6 Å². The summed E-state index contributed by atoms with van der Waals surface area (Å²) in [5, 5.41) is 6.23. The average molecular weight is 365 g/mol. The highest BCUT2D eigenvalue weighted by molar-refractivity contribution is 7.89. The first-order chi connectivity index (χ1) is 11.9. The van der Waals surface area contributed by atoms with Gasteiger partial charge in [-0.2, -0.15) is 0 Å². The summed E-state index contributed by atoms with van der Waals surface area (Å²) < 4.78 is 27.4. The highest BCUT2D eigenvalue weighted by Gasteiger charge is 2.57. The molecule has 1 saturated carbocycles. The van der Waals surface area contributed by atoms with E-state index in [0.717, 1.165) is 32.4 Å². The van der Waals surface area contributed by atoms with E-state index < -0.39 is 10.0 Å². The van der Waals surface area contributed by atoms with E-state index in [4.69, 9.17) is 0 Å². The van der Waals surface area contributed by atoms with Gasteiger partial charge in [0.2, 0.25) is 15.9 Å². The number of sulfonamides is 1. The first-order valence-electron chi connectivity index (χ1n) is 9.00. The zero-order chi connectivity index (χ0) is 18.1. The van der Waals surface area contributed by atoms with Crippen LogP contribution in [0.5, 0.6) is 0 Å². The molecule has 6 nitrogen and oxygen atoms in total. The van der Waals surface area contributed by atoms with Crippen LogP contribution in [-0.4, -0.2) is 33.5 Å². The largest absolute Gasteiger partial charge is 0.326 e. The molecule has 1 saturated heterocycles. The number of nitrogens with one attached hydrogen (secondary N) is 3. The van der Waals surface area contributed by atoms with Crippen molar-refractivity contribution in [2.24, 2.45) is 11.3 Å². The third-order valence-corrected chi connectivity index (χ3v) is 7.07. The maximum absolute atomic E-state index is 12.5. The number of anilines is 1. The third-order valence-electron chi connectivity index (χ3n) is 5.49. The quantitative estimate of drug-likeness (QED) is 0.720. The molecule has 1 heterocycles. The number of hydrogen-bond donors (Lipinski definition) is 3. The molecule has 2 unspecified atom stereocenters. The lowest BCUT2D eigenvalue weighted by atomic mass is 9.92. The van der Waals surface area contributed by atoms with Crippen LogP contribution in [0.15, 0.2) is 29.2 Å². The molecule has 1 aromatic rings. The standard InChI is InChI=1S/C18H27N3O3S/c1-3-13(2)21-25(23,24)15-6-4-5-14(11-15)20-17(22)16-12-18(16)7-9-19-10-8-18/h4-6,11,13,16,19,21H,3,7-10,12H2,1-2H3,(H,20,22). The Morgan fingerprint density at radius 2 is 2.08 bits per heavy atom. The van der Waals surface area contributed by atoms with Gasteiger partial charge in [-0.3, -0.25) is 4.79 Å². The molecule has 7 heteroatoms. The molecule has 3 N–H and O–H groups in total. The fourth-order valence-electron chi connectivity index (χ4n) is 3.58. The van der Waals surface area contributed by atoms with E-state index in [0.29, 0.717) is 12.1 Å². The Hall–Kier alpha value is -1.44. The van der Waals surface area contributed by atoms with Crippen molar-refractivity contribution in [3.63, 3.8) is 0 Å². The van der Waals surface area contributed by atoms with Crippen molar-refractivity contribution in [3.05, 3.63) is 24.3 Å². The molecule has 25 heavy (non-hydrogen) atoms. The van der Waals surface area contributed by atoms with Gasteiger partial charge in [0.1, 0.15) is 0 Å². The maximum Gasteiger partial charge on any atom is 0.240 e. The van der Waals surface area contributed by atoms with E-state index in [9.17, 15) is 13.2 Å². The Labute approximate surface area is 149 Å². The predicted molar refractivity (Wildman–Crippen MR) is 97.8 cm³/mol. The SMILES string of the molecule is CCC(C)NS(=O)(=O)c1cccc(NC(=O)C2CC23CCNCC3)c1. The summed E-state index contributed by atoms with van der Waals surface area (Å²) in [6.07, 6.45) is 3.74. The highest BCUT2D eigenvalue weighted by Crippen LogP contribution is 2.58. The minimum atomic E-state index is -3.57. The smallest absolute Gasteiger partial charge is 0.240 e. The molecule has 1 aliphatic heterocycles. The van der Waals surface area contributed by atoms with Gasteiger partial charge in [0, 0.05) is 17.6 Å². The van der Waals surface area contributed by atoms with Crippen LogP contribution in [0.3, 0.4) is 0 Å². The lowest BCUT2D eigenvalue weighted by molar-refractivity contribution is -0.118. The van der Waals surface area contributed by atoms with Crippen LogP contribution in [0.1, 0.15) is 39.5 Å². The number of carbonyl (C=O) groups is 1. The summed E-state index contributed by atoms with van der Waals surface area (Å²) in [6.45, 7) is 5.70. The van der Waals surface area contributed by atoms with Gasteiger partial charge in [-0.15, -0.1) is 0 Å². The van der Waals surface area contributed by atoms with Gasteiger partial charge in [0.05, 0.1) is 4.90 Å². The van der Waals surface area contributed by atoms with E-state index in [-0.39, 0.29) is 28.2 Å². The maximum atomic E-state index is 12.5. The molecule has 2 atom stereocenters. The number of amides is 1. The topological polar surface area (TPSA) is 87.3 Å². The van der Waals surface area contributed by atoms with Crippen molar-refractivity contribution in [2.75, 3.05) is 18.4 Å². The summed E-state index contributed by atoms with van der Waals surface area (Å²) in [5.41, 5.74) is 0.699. The summed E-state index contributed by atoms with van der Waals surface area (Å²) in [4.78, 5) is 12.7. The predicted octanol–water partition coefficient (Wildman–Crippen LogP) is 2.09. The van der Waals surface area contributed by atoms with Crippen molar-refractivity contribution in [3.8, 4) is 0 Å². The molecule has 2 aliphatic rings. The van der Waals surface area contributed by atoms with Crippen LogP contribution in [0, 0.1) is 11.3 Å². The number of carbonyl (C=O) groups excluding carboxylic acids is 1. The molecule has 2 fully saturated rings. The zero-order valence-electron chi connectivity index (χ0n) is 14.8. The van der Waals surface area contributed by atoms with Gasteiger partial charge in [0.15, 0.2) is 0 Å². The number of rotatable bonds is 6. The van der Waals surface area contributed by atoms with E-state index in [1.54, 1.807) is 18.2 Å². The molecular weight excluding hydrogens is 338 g/mol. The van der Waals surface area contributed by atoms with E-state index in [1.165, 1.54) is 6.07 Å². The molecule has 138 valence electrons. The van der Waals surface area contributed by atoms with Gasteiger partial charge in [-0.25, -0.2) is 13.1 Å². The van der Waals surface area contributed by atoms with Gasteiger partial charge >= 0.3 is 0 Å². The first kappa shape index (κ1) is 18.4. The molecule has 1 aliphatic carbocycles. The Morgan fingerprint density at radius 3 is 2.76 bits per heavy atom. The van der Waals surface area contributed by atoms with Crippen molar-refractivity contribution in [2.45, 2.75) is 50.5 Å². The Balaban J connectivity index is 1.67. The summed E-state index contributed by atoms with van der Waals surface area (Å²) in [5.74, 6) is 0.0550. The molecule has 1 spiro atoms. The second kappa shape index (κ2) is 7.05. The van der Waals surface area contributed by atoms with Crippen molar-refractivity contribution < 1.29 is 13.2 Å². The van der Waals surface area contributed by atoms with Gasteiger partial charge < -0.3 is 10.6 Å². The van der Waals surface area contributed by atoms with E-state index >= 15 is 0 Å². The van der Waals surface area contributed by atoms with Crippen LogP contribution >= 0.6 is 0 Å². The normalized spacial score (nSPS) is 23.2. The van der Waals surface area contributed by atoms with Crippen molar-refractivity contribution in [1.29, 1.82) is 0 Å². The van der Waals surface area contributed by atoms with Crippen molar-refractivity contribution in [1.82, 2.24) is 10.0 Å². The van der Waals surface area contributed by atoms with Gasteiger partial charge in [-0.1, -0.05) is 13.0 Å². The molecule has 0 bridgehead atoms. The highest BCUT2D eigenvalue weighted by atomic mass is 32.2. The summed E-state index contributed by atoms with van der Waals surface area (Å²) in [6, 6.07) is 6.34. The minimum absolute atomic E-state index is 0.00586. The molecule has 0 radical (unpaired) electrons. The van der Waals surface area contributed by atoms with Gasteiger partial charge in [0.25, 0.3) is 0 Å². The monoisotopic (exact) mass is 365 g/mol. The van der Waals surface area contributed by atoms with Gasteiger partial charge in [-0.05, 0) is 69.3 Å². The summed E-state index contributed by atoms with van der Waals surface area (Å²) >= 11 is 0. The number of benzene rings is 1. The molecule has 0 aromatic heterocycles. The fraction of sp³-hybridized carbons (Fsp3) is 0.611. The lowest BCUT2D eigenvalue weighted by Crippen LogP contribution is -2.32. The van der Waals surface area contributed by atoms with E-state index in [2.05, 4.69) is 15.4 Å². The zero-order valence-corrected chi connectivity index (χ0v) is 15.7. The molecular formula is C18H27N3O3S. The molecule has 1 aromatic carbocycles. The number of hydrogen-bond acceptors (Lipinski definition) is 4. The Kier molecular flexibility index (Phi) is 5.18. The summed E-state index contributed by atoms with van der Waals surface area (Å²) in [7, 11) is -3.57. The Bertz CT molecular complexity index is 742. The Morgan fingerprint density at radius 1 is 1.36 bits per heavy atom. The lowest BCUT2D eigenvalue weighted by Gasteiger charge is -2.23. The van der Waals surface area contributed by atoms with Crippen LogP contribution in [-0.2, 0) is 14.8 Å². The molecule has 1 amide bonds. The van der Waals surface area contributed by atoms with Crippen LogP contribution < -0.4 is 15.4 Å². The number of piperidine rings is 1. The average Bonchev–Trinajstić information content (AvgIpc) is 3.28.